The maximum Gasteiger partial charge on any atom is 0.251 e. The van der Waals surface area contributed by atoms with Gasteiger partial charge in [0.05, 0.1) is 18.0 Å². The van der Waals surface area contributed by atoms with E-state index in [-0.39, 0.29) is 17.8 Å². The second-order valence-corrected chi connectivity index (χ2v) is 9.06. The third-order valence-electron chi connectivity index (χ3n) is 6.06. The van der Waals surface area contributed by atoms with Gasteiger partial charge >= 0.3 is 0 Å². The number of benzene rings is 2. The van der Waals surface area contributed by atoms with Crippen LogP contribution in [0.4, 0.5) is 11.6 Å². The van der Waals surface area contributed by atoms with Crippen molar-refractivity contribution >= 4 is 23.3 Å². The minimum atomic E-state index is -0.0443. The molecule has 3 aromatic rings. The Bertz CT molecular complexity index is 1250. The first-order chi connectivity index (χ1) is 16.0. The minimum absolute atomic E-state index is 0.0443. The van der Waals surface area contributed by atoms with E-state index in [0.717, 1.165) is 46.8 Å². The zero-order valence-corrected chi connectivity index (χ0v) is 18.8. The van der Waals surface area contributed by atoms with Gasteiger partial charge in [-0.1, -0.05) is 26.0 Å². The summed E-state index contributed by atoms with van der Waals surface area (Å²) in [6.45, 7) is 5.41. The highest BCUT2D eigenvalue weighted by Gasteiger charge is 2.28. The van der Waals surface area contributed by atoms with Crippen LogP contribution >= 0.6 is 0 Å². The summed E-state index contributed by atoms with van der Waals surface area (Å²) in [5, 5.41) is 2.99. The molecule has 0 spiro atoms. The molecule has 0 aliphatic carbocycles. The number of nitrogen functional groups attached to an aromatic ring is 1. The number of anilines is 1. The molecule has 7 nitrogen and oxygen atoms in total. The Hall–Kier alpha value is -3.74. The molecule has 2 aliphatic heterocycles. The number of ether oxygens (including phenoxy) is 1. The van der Waals surface area contributed by atoms with Crippen LogP contribution in [0.3, 0.4) is 0 Å². The fourth-order valence-electron chi connectivity index (χ4n) is 4.28. The summed E-state index contributed by atoms with van der Waals surface area (Å²) in [5.41, 5.74) is 12.5. The number of hydrogen-bond acceptors (Lipinski definition) is 6. The highest BCUT2D eigenvalue weighted by atomic mass is 16.5. The molecule has 0 saturated heterocycles. The lowest BCUT2D eigenvalue weighted by Crippen LogP contribution is -2.30. The molecule has 5 rings (SSSR count). The fraction of sp³-hybridized carbons (Fsp3) is 0.308. The number of nitrogens with one attached hydrogen (secondary N) is 1. The molecular formula is C26H27N5O2. The largest absolute Gasteiger partial charge is 0.493 e. The van der Waals surface area contributed by atoms with Crippen LogP contribution in [-0.4, -0.2) is 34.7 Å². The lowest BCUT2D eigenvalue weighted by molar-refractivity contribution is 0.0948. The van der Waals surface area contributed by atoms with E-state index >= 15 is 0 Å². The van der Waals surface area contributed by atoms with Crippen LogP contribution in [-0.2, 0) is 12.8 Å². The molecule has 1 aromatic heterocycles. The third-order valence-corrected chi connectivity index (χ3v) is 6.06. The average molecular weight is 442 g/mol. The van der Waals surface area contributed by atoms with Gasteiger partial charge in [0.2, 0.25) is 5.95 Å². The maximum absolute atomic E-state index is 12.5. The Morgan fingerprint density at radius 2 is 2.06 bits per heavy atom. The third kappa shape index (κ3) is 4.44. The molecule has 1 atom stereocenters. The molecule has 7 heteroatoms. The first kappa shape index (κ1) is 21.1. The lowest BCUT2D eigenvalue weighted by Gasteiger charge is -2.26. The lowest BCUT2D eigenvalue weighted by atomic mass is 9.89. The van der Waals surface area contributed by atoms with Gasteiger partial charge in [0.15, 0.2) is 0 Å². The van der Waals surface area contributed by atoms with Gasteiger partial charge < -0.3 is 15.8 Å². The Balaban J connectivity index is 1.34. The normalized spacial score (nSPS) is 16.6. The van der Waals surface area contributed by atoms with E-state index in [0.29, 0.717) is 24.6 Å². The molecule has 0 radical (unpaired) electrons. The van der Waals surface area contributed by atoms with Gasteiger partial charge in [0.1, 0.15) is 5.75 Å². The number of rotatable bonds is 5. The van der Waals surface area contributed by atoms with Crippen molar-refractivity contribution < 1.29 is 9.53 Å². The van der Waals surface area contributed by atoms with Gasteiger partial charge in [0, 0.05) is 41.9 Å². The number of carbonyl (C=O) groups is 1. The molecule has 33 heavy (non-hydrogen) atoms. The van der Waals surface area contributed by atoms with Crippen LogP contribution in [0, 0.1) is 11.8 Å². The van der Waals surface area contributed by atoms with Crippen LogP contribution in [0.5, 0.6) is 5.75 Å². The van der Waals surface area contributed by atoms with Crippen LogP contribution in [0.25, 0.3) is 11.3 Å². The Morgan fingerprint density at radius 3 is 2.88 bits per heavy atom. The van der Waals surface area contributed by atoms with Crippen molar-refractivity contribution in [3.63, 3.8) is 0 Å². The second-order valence-electron chi connectivity index (χ2n) is 9.06. The molecule has 3 heterocycles. The quantitative estimate of drug-likeness (QED) is 0.623. The van der Waals surface area contributed by atoms with E-state index < -0.39 is 0 Å². The van der Waals surface area contributed by atoms with Gasteiger partial charge in [-0.2, -0.15) is 0 Å². The summed E-state index contributed by atoms with van der Waals surface area (Å²) in [4.78, 5) is 25.7. The van der Waals surface area contributed by atoms with E-state index in [1.54, 1.807) is 6.20 Å². The summed E-state index contributed by atoms with van der Waals surface area (Å²) in [6.07, 6.45) is 3.27. The van der Waals surface area contributed by atoms with E-state index in [2.05, 4.69) is 41.3 Å². The predicted octanol–water partition coefficient (Wildman–Crippen LogP) is 3.99. The minimum Gasteiger partial charge on any atom is -0.493 e. The molecule has 2 aromatic carbocycles. The smallest absolute Gasteiger partial charge is 0.251 e. The molecule has 0 bridgehead atoms. The number of carbonyl (C=O) groups excluding carboxylic acids is 1. The zero-order chi connectivity index (χ0) is 22.9. The van der Waals surface area contributed by atoms with Crippen LogP contribution in [0.15, 0.2) is 53.7 Å². The van der Waals surface area contributed by atoms with Crippen LogP contribution < -0.4 is 15.8 Å². The number of amides is 1. The molecule has 0 fully saturated rings. The molecule has 1 amide bonds. The number of hydrogen-bond donors (Lipinski definition) is 2. The first-order valence-electron chi connectivity index (χ1n) is 11.3. The number of fused-ring (bicyclic) bond motifs is 2. The number of aromatic nitrogens is 2. The van der Waals surface area contributed by atoms with E-state index in [1.807, 2.05) is 30.3 Å². The monoisotopic (exact) mass is 441 g/mol. The first-order valence-corrected chi connectivity index (χ1v) is 11.3. The molecule has 3 N–H and O–H groups in total. The highest BCUT2D eigenvalue weighted by molar-refractivity contribution is 5.97. The van der Waals surface area contributed by atoms with Gasteiger partial charge in [-0.05, 0) is 53.8 Å². The van der Waals surface area contributed by atoms with Crippen molar-refractivity contribution in [1.82, 2.24) is 15.3 Å². The summed E-state index contributed by atoms with van der Waals surface area (Å²) in [6, 6.07) is 13.7. The number of nitrogens with zero attached hydrogens (tertiary/aromatic N) is 3. The van der Waals surface area contributed by atoms with Crippen molar-refractivity contribution in [3.05, 3.63) is 65.4 Å². The van der Waals surface area contributed by atoms with Crippen molar-refractivity contribution in [2.45, 2.75) is 26.7 Å². The van der Waals surface area contributed by atoms with E-state index in [4.69, 9.17) is 15.5 Å². The zero-order valence-electron chi connectivity index (χ0n) is 18.8. The summed E-state index contributed by atoms with van der Waals surface area (Å²) in [7, 11) is 0. The van der Waals surface area contributed by atoms with E-state index in [9.17, 15) is 4.79 Å². The Morgan fingerprint density at radius 1 is 1.18 bits per heavy atom. The van der Waals surface area contributed by atoms with Gasteiger partial charge in [-0.25, -0.2) is 9.97 Å². The predicted molar refractivity (Wildman–Crippen MR) is 129 cm³/mol. The van der Waals surface area contributed by atoms with Crippen molar-refractivity contribution in [2.75, 3.05) is 18.9 Å². The number of aliphatic imine (C=N–C) groups is 1. The fourth-order valence-corrected chi connectivity index (χ4v) is 4.28. The Kier molecular flexibility index (Phi) is 5.54. The topological polar surface area (TPSA) is 102 Å². The molecular weight excluding hydrogens is 414 g/mol. The molecule has 0 saturated carbocycles. The van der Waals surface area contributed by atoms with Gasteiger partial charge in [-0.15, -0.1) is 0 Å². The molecule has 1 unspecified atom stereocenters. The standard InChI is InChI=1S/C26H27N5O2/c1-15(2)13-29-25(32)18-5-6-24-19(9-18)10-20(14-33-24)23-12-17-4-3-16(11-22(17)30-23)21-7-8-28-26(27)31-21/h3-9,11,15,20H,10,12-14H2,1-2H3,(H,29,32)(H2,27,28,31). The van der Waals surface area contributed by atoms with Crippen LogP contribution in [0.1, 0.15) is 35.3 Å². The van der Waals surface area contributed by atoms with Gasteiger partial charge in [0.25, 0.3) is 5.91 Å². The summed E-state index contributed by atoms with van der Waals surface area (Å²) >= 11 is 0. The van der Waals surface area contributed by atoms with E-state index in [1.165, 1.54) is 5.56 Å². The van der Waals surface area contributed by atoms with Crippen molar-refractivity contribution in [3.8, 4) is 17.0 Å². The maximum atomic E-state index is 12.5. The Labute approximate surface area is 193 Å². The molecule has 168 valence electrons. The summed E-state index contributed by atoms with van der Waals surface area (Å²) in [5.74, 6) is 1.65. The van der Waals surface area contributed by atoms with Crippen molar-refractivity contribution in [1.29, 1.82) is 0 Å². The van der Waals surface area contributed by atoms with Crippen molar-refractivity contribution in [2.24, 2.45) is 16.8 Å². The van der Waals surface area contributed by atoms with Crippen LogP contribution in [0.2, 0.25) is 0 Å². The summed E-state index contributed by atoms with van der Waals surface area (Å²) < 4.78 is 6.04. The highest BCUT2D eigenvalue weighted by Crippen LogP contribution is 2.36. The number of nitrogens with two attached hydrogens (primary N) is 1. The SMILES string of the molecule is CC(C)CNC(=O)c1ccc2c(c1)CC(C1=Nc3cc(-c4ccnc(N)n4)ccc3C1)CO2. The van der Waals surface area contributed by atoms with Gasteiger partial charge in [-0.3, -0.25) is 9.79 Å². The second kappa shape index (κ2) is 8.65. The average Bonchev–Trinajstić information content (AvgIpc) is 3.25. The molecule has 2 aliphatic rings.